The van der Waals surface area contributed by atoms with Crippen molar-refractivity contribution in [3.05, 3.63) is 53.3 Å². The minimum atomic E-state index is -1.17. The molecule has 0 aliphatic carbocycles. The Bertz CT molecular complexity index is 768. The second-order valence-electron chi connectivity index (χ2n) is 3.96. The van der Waals surface area contributed by atoms with Gasteiger partial charge in [0.25, 0.3) is 0 Å². The minimum absolute atomic E-state index is 0.156. The molecule has 0 atom stereocenters. The third-order valence-corrected chi connectivity index (χ3v) is 3.56. The number of carbonyl (C=O) groups is 1. The lowest BCUT2D eigenvalue weighted by Gasteiger charge is -2.05. The smallest absolute Gasteiger partial charge is 0.358 e. The fourth-order valence-corrected chi connectivity index (χ4v) is 2.60. The van der Waals surface area contributed by atoms with Crippen LogP contribution in [0.5, 0.6) is 0 Å². The maximum atomic E-state index is 13.3. The molecule has 0 bridgehead atoms. The molecule has 2 aromatic heterocycles. The van der Waals surface area contributed by atoms with Crippen LogP contribution in [-0.4, -0.2) is 26.1 Å². The van der Waals surface area contributed by atoms with Gasteiger partial charge in [-0.3, -0.25) is 0 Å². The predicted molar refractivity (Wildman–Crippen MR) is 71.6 cm³/mol. The zero-order chi connectivity index (χ0) is 14.1. The second kappa shape index (κ2) is 4.86. The van der Waals surface area contributed by atoms with E-state index in [2.05, 4.69) is 10.3 Å². The molecule has 0 fully saturated rings. The first-order valence-electron chi connectivity index (χ1n) is 5.65. The van der Waals surface area contributed by atoms with E-state index in [1.165, 1.54) is 34.2 Å². The fraction of sp³-hybridized carbons (Fsp3) is 0. The third kappa shape index (κ3) is 2.08. The number of rotatable bonds is 3. The Labute approximate surface area is 116 Å². The maximum absolute atomic E-state index is 13.3. The van der Waals surface area contributed by atoms with Gasteiger partial charge in [0.2, 0.25) is 0 Å². The molecule has 3 aromatic rings. The maximum Gasteiger partial charge on any atom is 0.358 e. The van der Waals surface area contributed by atoms with Gasteiger partial charge in [0.15, 0.2) is 5.69 Å². The van der Waals surface area contributed by atoms with Crippen molar-refractivity contribution >= 4 is 17.3 Å². The van der Waals surface area contributed by atoms with Crippen molar-refractivity contribution < 1.29 is 14.3 Å². The van der Waals surface area contributed by atoms with Gasteiger partial charge in [-0.05, 0) is 29.6 Å². The summed E-state index contributed by atoms with van der Waals surface area (Å²) in [5.74, 6) is -1.59. The van der Waals surface area contributed by atoms with E-state index >= 15 is 0 Å². The monoisotopic (exact) mass is 289 g/mol. The van der Waals surface area contributed by atoms with Crippen molar-refractivity contribution in [1.82, 2.24) is 15.0 Å². The summed E-state index contributed by atoms with van der Waals surface area (Å²) in [7, 11) is 0. The Balaban J connectivity index is 2.24. The fourth-order valence-electron chi connectivity index (χ4n) is 1.85. The van der Waals surface area contributed by atoms with E-state index in [-0.39, 0.29) is 5.69 Å². The first-order chi connectivity index (χ1) is 9.66. The summed E-state index contributed by atoms with van der Waals surface area (Å²) in [5.41, 5.74) is 0.614. The number of aromatic nitrogens is 3. The van der Waals surface area contributed by atoms with Crippen LogP contribution in [0.2, 0.25) is 0 Å². The predicted octanol–water partition coefficient (Wildman–Crippen LogP) is 2.83. The average Bonchev–Trinajstić information content (AvgIpc) is 3.07. The van der Waals surface area contributed by atoms with Crippen LogP contribution in [0.3, 0.4) is 0 Å². The molecule has 0 radical (unpaired) electrons. The summed E-state index contributed by atoms with van der Waals surface area (Å²) in [6, 6.07) is 9.33. The number of hydrogen-bond donors (Lipinski definition) is 1. The highest BCUT2D eigenvalue weighted by Gasteiger charge is 2.22. The van der Waals surface area contributed by atoms with Crippen LogP contribution >= 0.6 is 11.3 Å². The SMILES string of the molecule is O=C(O)c1nnn(-c2cccc(F)c2)c1-c1cccs1. The molecule has 1 aromatic carbocycles. The van der Waals surface area contributed by atoms with E-state index in [0.29, 0.717) is 16.3 Å². The standard InChI is InChI=1S/C13H8FN3O2S/c14-8-3-1-4-9(7-8)17-12(10-5-2-6-20-10)11(13(18)19)15-16-17/h1-7H,(H,18,19). The Hall–Kier alpha value is -2.54. The molecule has 20 heavy (non-hydrogen) atoms. The van der Waals surface area contributed by atoms with Crippen molar-refractivity contribution in [2.75, 3.05) is 0 Å². The molecule has 2 heterocycles. The first-order valence-corrected chi connectivity index (χ1v) is 6.53. The number of aromatic carboxylic acids is 1. The molecule has 7 heteroatoms. The van der Waals surface area contributed by atoms with E-state index < -0.39 is 11.8 Å². The molecule has 100 valence electrons. The van der Waals surface area contributed by atoms with Crippen molar-refractivity contribution in [3.63, 3.8) is 0 Å². The van der Waals surface area contributed by atoms with Crippen LogP contribution in [0.15, 0.2) is 41.8 Å². The minimum Gasteiger partial charge on any atom is -0.476 e. The highest BCUT2D eigenvalue weighted by Crippen LogP contribution is 2.29. The lowest BCUT2D eigenvalue weighted by Crippen LogP contribution is -2.02. The lowest BCUT2D eigenvalue weighted by molar-refractivity contribution is 0.0691. The topological polar surface area (TPSA) is 68.0 Å². The normalized spacial score (nSPS) is 10.7. The lowest BCUT2D eigenvalue weighted by atomic mass is 10.2. The first kappa shape index (κ1) is 12.5. The summed E-state index contributed by atoms with van der Waals surface area (Å²) < 4.78 is 14.6. The Kier molecular flexibility index (Phi) is 3.03. The Morgan fingerprint density at radius 2 is 2.15 bits per heavy atom. The number of thiophene rings is 1. The zero-order valence-corrected chi connectivity index (χ0v) is 10.8. The van der Waals surface area contributed by atoms with Gasteiger partial charge in [-0.2, -0.15) is 0 Å². The number of benzene rings is 1. The van der Waals surface area contributed by atoms with Gasteiger partial charge in [-0.1, -0.05) is 17.3 Å². The summed E-state index contributed by atoms with van der Waals surface area (Å²) in [4.78, 5) is 11.9. The third-order valence-electron chi connectivity index (χ3n) is 2.68. The molecule has 0 aliphatic heterocycles. The van der Waals surface area contributed by atoms with Crippen LogP contribution in [0.25, 0.3) is 16.3 Å². The van der Waals surface area contributed by atoms with Gasteiger partial charge in [0, 0.05) is 0 Å². The molecule has 5 nitrogen and oxygen atoms in total. The molecule has 0 unspecified atom stereocenters. The van der Waals surface area contributed by atoms with Crippen LogP contribution in [0, 0.1) is 5.82 Å². The number of carboxylic acid groups (broad SMARTS) is 1. The van der Waals surface area contributed by atoms with Crippen LogP contribution in [-0.2, 0) is 0 Å². The number of hydrogen-bond acceptors (Lipinski definition) is 4. The molecule has 0 saturated heterocycles. The molecule has 0 spiro atoms. The van der Waals surface area contributed by atoms with Gasteiger partial charge in [-0.15, -0.1) is 16.4 Å². The summed E-state index contributed by atoms with van der Waals surface area (Å²) in [6.45, 7) is 0. The molecule has 0 aliphatic rings. The molecular formula is C13H8FN3O2S. The largest absolute Gasteiger partial charge is 0.476 e. The van der Waals surface area contributed by atoms with Crippen LogP contribution < -0.4 is 0 Å². The zero-order valence-electron chi connectivity index (χ0n) is 10.0. The van der Waals surface area contributed by atoms with Crippen LogP contribution in [0.4, 0.5) is 4.39 Å². The van der Waals surface area contributed by atoms with Gasteiger partial charge in [-0.25, -0.2) is 13.9 Å². The van der Waals surface area contributed by atoms with E-state index in [4.69, 9.17) is 0 Å². The van der Waals surface area contributed by atoms with Gasteiger partial charge >= 0.3 is 5.97 Å². The number of carboxylic acids is 1. The number of halogens is 1. The molecule has 0 saturated carbocycles. The number of nitrogens with zero attached hydrogens (tertiary/aromatic N) is 3. The van der Waals surface area contributed by atoms with Crippen molar-refractivity contribution in [2.24, 2.45) is 0 Å². The van der Waals surface area contributed by atoms with Gasteiger partial charge in [0.05, 0.1) is 10.6 Å². The van der Waals surface area contributed by atoms with E-state index in [1.54, 1.807) is 18.2 Å². The Morgan fingerprint density at radius 3 is 2.80 bits per heavy atom. The van der Waals surface area contributed by atoms with Crippen molar-refractivity contribution in [3.8, 4) is 16.3 Å². The van der Waals surface area contributed by atoms with E-state index in [9.17, 15) is 14.3 Å². The highest BCUT2D eigenvalue weighted by molar-refractivity contribution is 7.13. The summed E-state index contributed by atoms with van der Waals surface area (Å²) in [6.07, 6.45) is 0. The Morgan fingerprint density at radius 1 is 1.30 bits per heavy atom. The molecular weight excluding hydrogens is 281 g/mol. The average molecular weight is 289 g/mol. The molecule has 1 N–H and O–H groups in total. The second-order valence-corrected chi connectivity index (χ2v) is 4.91. The molecule has 3 rings (SSSR count). The summed E-state index contributed by atoms with van der Waals surface area (Å²) in [5, 5.41) is 18.5. The van der Waals surface area contributed by atoms with Gasteiger partial charge in [0.1, 0.15) is 11.5 Å². The van der Waals surface area contributed by atoms with Crippen molar-refractivity contribution in [1.29, 1.82) is 0 Å². The van der Waals surface area contributed by atoms with E-state index in [1.807, 2.05) is 5.38 Å². The molecule has 0 amide bonds. The van der Waals surface area contributed by atoms with Gasteiger partial charge < -0.3 is 5.11 Å². The van der Waals surface area contributed by atoms with E-state index in [0.717, 1.165) is 0 Å². The highest BCUT2D eigenvalue weighted by atomic mass is 32.1. The van der Waals surface area contributed by atoms with Crippen molar-refractivity contribution in [2.45, 2.75) is 0 Å². The quantitative estimate of drug-likeness (QED) is 0.805. The summed E-state index contributed by atoms with van der Waals surface area (Å²) >= 11 is 1.37. The van der Waals surface area contributed by atoms with Crippen LogP contribution in [0.1, 0.15) is 10.5 Å².